The summed E-state index contributed by atoms with van der Waals surface area (Å²) >= 11 is 0. The summed E-state index contributed by atoms with van der Waals surface area (Å²) in [5.74, 6) is -0.287. The number of nitriles is 1. The van der Waals surface area contributed by atoms with Gasteiger partial charge in [0.1, 0.15) is 11.9 Å². The Labute approximate surface area is 80.4 Å². The van der Waals surface area contributed by atoms with Crippen molar-refractivity contribution >= 4 is 5.71 Å². The Kier molecular flexibility index (Phi) is 2.15. The fraction of sp³-hybridized carbons (Fsp3) is 0.200. The molecule has 0 bridgehead atoms. The molecule has 0 amide bonds. The maximum absolute atomic E-state index is 12.6. The molecule has 14 heavy (non-hydrogen) atoms. The highest BCUT2D eigenvalue weighted by Gasteiger charge is 2.21. The van der Waals surface area contributed by atoms with Gasteiger partial charge in [0.15, 0.2) is 0 Å². The van der Waals surface area contributed by atoms with Crippen molar-refractivity contribution in [3.05, 3.63) is 35.6 Å². The van der Waals surface area contributed by atoms with Gasteiger partial charge in [-0.15, -0.1) is 0 Å². The molecule has 0 radical (unpaired) electrons. The predicted octanol–water partition coefficient (Wildman–Crippen LogP) is 1.84. The summed E-state index contributed by atoms with van der Waals surface area (Å²) in [4.78, 5) is 4.83. The summed E-state index contributed by atoms with van der Waals surface area (Å²) in [5, 5.41) is 12.3. The van der Waals surface area contributed by atoms with Crippen LogP contribution in [0.25, 0.3) is 0 Å². The first-order chi connectivity index (χ1) is 6.79. The first kappa shape index (κ1) is 8.70. The Balaban J connectivity index is 2.18. The van der Waals surface area contributed by atoms with Gasteiger partial charge in [0.05, 0.1) is 5.71 Å². The van der Waals surface area contributed by atoms with Gasteiger partial charge in [-0.25, -0.2) is 4.39 Å². The lowest BCUT2D eigenvalue weighted by molar-refractivity contribution is 0.125. The molecule has 0 aromatic heterocycles. The van der Waals surface area contributed by atoms with Crippen molar-refractivity contribution in [1.29, 1.82) is 5.26 Å². The summed E-state index contributed by atoms with van der Waals surface area (Å²) < 4.78 is 12.6. The van der Waals surface area contributed by atoms with E-state index in [4.69, 9.17) is 10.1 Å². The Morgan fingerprint density at radius 1 is 1.43 bits per heavy atom. The number of oxime groups is 1. The van der Waals surface area contributed by atoms with Crippen LogP contribution in [0.2, 0.25) is 0 Å². The Bertz CT molecular complexity index is 405. The number of benzene rings is 1. The Morgan fingerprint density at radius 2 is 2.14 bits per heavy atom. The van der Waals surface area contributed by atoms with E-state index in [-0.39, 0.29) is 5.82 Å². The summed E-state index contributed by atoms with van der Waals surface area (Å²) in [7, 11) is 0. The zero-order valence-electron chi connectivity index (χ0n) is 7.27. The monoisotopic (exact) mass is 190 g/mol. The number of halogens is 1. The Morgan fingerprint density at radius 3 is 2.71 bits per heavy atom. The summed E-state index contributed by atoms with van der Waals surface area (Å²) in [6, 6.07) is 7.93. The van der Waals surface area contributed by atoms with Crippen LogP contribution in [-0.4, -0.2) is 11.8 Å². The number of hydrogen-bond acceptors (Lipinski definition) is 3. The maximum Gasteiger partial charge on any atom is 0.218 e. The zero-order chi connectivity index (χ0) is 9.97. The van der Waals surface area contributed by atoms with Gasteiger partial charge in [0.25, 0.3) is 0 Å². The molecule has 0 unspecified atom stereocenters. The van der Waals surface area contributed by atoms with E-state index in [2.05, 4.69) is 5.16 Å². The van der Waals surface area contributed by atoms with Gasteiger partial charge in [-0.1, -0.05) is 17.3 Å². The Hall–Kier alpha value is -1.89. The molecule has 1 atom stereocenters. The van der Waals surface area contributed by atoms with Crippen molar-refractivity contribution in [2.75, 3.05) is 0 Å². The molecule has 1 aliphatic heterocycles. The van der Waals surface area contributed by atoms with E-state index in [1.807, 2.05) is 6.07 Å². The van der Waals surface area contributed by atoms with E-state index in [1.165, 1.54) is 12.1 Å². The molecule has 4 heteroatoms. The zero-order valence-corrected chi connectivity index (χ0v) is 7.27. The third kappa shape index (κ3) is 1.57. The van der Waals surface area contributed by atoms with Crippen LogP contribution in [0.4, 0.5) is 4.39 Å². The summed E-state index contributed by atoms with van der Waals surface area (Å²) in [6.45, 7) is 0. The summed E-state index contributed by atoms with van der Waals surface area (Å²) in [6.07, 6.45) is -0.0441. The third-order valence-electron chi connectivity index (χ3n) is 1.99. The van der Waals surface area contributed by atoms with E-state index in [0.29, 0.717) is 12.1 Å². The molecule has 3 nitrogen and oxygen atoms in total. The quantitative estimate of drug-likeness (QED) is 0.678. The van der Waals surface area contributed by atoms with Crippen molar-refractivity contribution in [2.45, 2.75) is 12.5 Å². The topological polar surface area (TPSA) is 45.4 Å². The van der Waals surface area contributed by atoms with Gasteiger partial charge in [-0.3, -0.25) is 0 Å². The minimum atomic E-state index is -0.505. The van der Waals surface area contributed by atoms with Crippen molar-refractivity contribution in [3.8, 4) is 6.07 Å². The second-order valence-corrected chi connectivity index (χ2v) is 2.97. The average molecular weight is 190 g/mol. The van der Waals surface area contributed by atoms with Gasteiger partial charge in [-0.05, 0) is 17.7 Å². The van der Waals surface area contributed by atoms with Crippen LogP contribution >= 0.6 is 0 Å². The minimum absolute atomic E-state index is 0.287. The van der Waals surface area contributed by atoms with Gasteiger partial charge in [0, 0.05) is 6.42 Å². The highest BCUT2D eigenvalue weighted by molar-refractivity contribution is 6.01. The van der Waals surface area contributed by atoms with E-state index in [1.54, 1.807) is 12.1 Å². The predicted molar refractivity (Wildman–Crippen MR) is 48.0 cm³/mol. The van der Waals surface area contributed by atoms with Gasteiger partial charge in [-0.2, -0.15) is 5.26 Å². The summed E-state index contributed by atoms with van der Waals surface area (Å²) in [5.41, 5.74) is 1.49. The number of hydrogen-bond donors (Lipinski definition) is 0. The lowest BCUT2D eigenvalue weighted by Gasteiger charge is -1.97. The lowest BCUT2D eigenvalue weighted by Crippen LogP contribution is -2.04. The van der Waals surface area contributed by atoms with Crippen molar-refractivity contribution in [2.24, 2.45) is 5.16 Å². The SMILES string of the molecule is N#C[C@H]1CC(c2ccc(F)cc2)=NO1. The van der Waals surface area contributed by atoms with E-state index in [0.717, 1.165) is 5.56 Å². The molecule has 0 spiro atoms. The van der Waals surface area contributed by atoms with Crippen LogP contribution in [0.1, 0.15) is 12.0 Å². The molecule has 0 saturated carbocycles. The molecule has 0 N–H and O–H groups in total. The standard InChI is InChI=1S/C10H7FN2O/c11-8-3-1-7(2-4-8)10-5-9(6-12)14-13-10/h1-4,9H,5H2/t9-/m1/s1. The highest BCUT2D eigenvalue weighted by atomic mass is 19.1. The van der Waals surface area contributed by atoms with Crippen LogP contribution in [0.3, 0.4) is 0 Å². The van der Waals surface area contributed by atoms with Crippen molar-refractivity contribution in [3.63, 3.8) is 0 Å². The average Bonchev–Trinajstić information content (AvgIpc) is 2.67. The highest BCUT2D eigenvalue weighted by Crippen LogP contribution is 2.16. The van der Waals surface area contributed by atoms with Crippen LogP contribution in [0, 0.1) is 17.1 Å². The van der Waals surface area contributed by atoms with Crippen LogP contribution in [-0.2, 0) is 4.84 Å². The van der Waals surface area contributed by atoms with Crippen LogP contribution in [0.15, 0.2) is 29.4 Å². The largest absolute Gasteiger partial charge is 0.376 e. The van der Waals surface area contributed by atoms with Gasteiger partial charge >= 0.3 is 0 Å². The van der Waals surface area contributed by atoms with Crippen LogP contribution in [0.5, 0.6) is 0 Å². The molecular formula is C10H7FN2O. The van der Waals surface area contributed by atoms with E-state index < -0.39 is 6.10 Å². The lowest BCUT2D eigenvalue weighted by atomic mass is 10.1. The second kappa shape index (κ2) is 3.46. The first-order valence-electron chi connectivity index (χ1n) is 4.18. The van der Waals surface area contributed by atoms with E-state index in [9.17, 15) is 4.39 Å². The van der Waals surface area contributed by atoms with Crippen LogP contribution < -0.4 is 0 Å². The van der Waals surface area contributed by atoms with Gasteiger partial charge < -0.3 is 4.84 Å². The molecule has 0 aliphatic carbocycles. The molecule has 0 saturated heterocycles. The third-order valence-corrected chi connectivity index (χ3v) is 1.99. The second-order valence-electron chi connectivity index (χ2n) is 2.97. The molecule has 1 aromatic carbocycles. The molecule has 1 aromatic rings. The molecular weight excluding hydrogens is 183 g/mol. The number of nitrogens with zero attached hydrogens (tertiary/aromatic N) is 2. The fourth-order valence-corrected chi connectivity index (χ4v) is 1.26. The molecule has 70 valence electrons. The molecule has 1 heterocycles. The van der Waals surface area contributed by atoms with Crippen molar-refractivity contribution < 1.29 is 9.23 Å². The molecule has 0 fully saturated rings. The molecule has 1 aliphatic rings. The fourth-order valence-electron chi connectivity index (χ4n) is 1.26. The smallest absolute Gasteiger partial charge is 0.218 e. The van der Waals surface area contributed by atoms with E-state index >= 15 is 0 Å². The first-order valence-corrected chi connectivity index (χ1v) is 4.18. The minimum Gasteiger partial charge on any atom is -0.376 e. The van der Waals surface area contributed by atoms with Crippen molar-refractivity contribution in [1.82, 2.24) is 0 Å². The number of rotatable bonds is 1. The molecule has 2 rings (SSSR count). The maximum atomic E-state index is 12.6. The normalized spacial score (nSPS) is 19.7. The van der Waals surface area contributed by atoms with Gasteiger partial charge in [0.2, 0.25) is 6.10 Å².